The largest absolute Gasteiger partial charge is 0.145 e. The lowest BCUT2D eigenvalue weighted by atomic mass is 9.97. The smallest absolute Gasteiger partial charge is 0.00518 e. The van der Waals surface area contributed by atoms with E-state index in [1.54, 1.807) is 20.9 Å². The van der Waals surface area contributed by atoms with Gasteiger partial charge in [0.15, 0.2) is 0 Å². The lowest BCUT2D eigenvalue weighted by molar-refractivity contribution is 0.599. The van der Waals surface area contributed by atoms with Gasteiger partial charge in [-0.2, -0.15) is 0 Å². The van der Waals surface area contributed by atoms with E-state index in [0.29, 0.717) is 0 Å². The first-order valence-corrected chi connectivity index (χ1v) is 11.1. The summed E-state index contributed by atoms with van der Waals surface area (Å²) in [6.07, 6.45) is 19.6. The fourth-order valence-electron chi connectivity index (χ4n) is 3.60. The molecule has 0 fully saturated rings. The van der Waals surface area contributed by atoms with Crippen LogP contribution in [0.25, 0.3) is 0 Å². The van der Waals surface area contributed by atoms with Crippen molar-refractivity contribution in [1.29, 1.82) is 0 Å². The molecule has 23 heavy (non-hydrogen) atoms. The molecule has 1 aromatic heterocycles. The van der Waals surface area contributed by atoms with Crippen molar-refractivity contribution < 1.29 is 0 Å². The van der Waals surface area contributed by atoms with Crippen LogP contribution in [0.2, 0.25) is 0 Å². The van der Waals surface area contributed by atoms with Gasteiger partial charge in [0.1, 0.15) is 0 Å². The van der Waals surface area contributed by atoms with Crippen LogP contribution in [0.15, 0.2) is 0 Å². The topological polar surface area (TPSA) is 0 Å². The molecule has 0 N–H and O–H groups in total. The Hall–Kier alpha value is -0.300. The summed E-state index contributed by atoms with van der Waals surface area (Å²) in [5.41, 5.74) is 3.44. The Bertz CT molecular complexity index is 366. The van der Waals surface area contributed by atoms with Crippen LogP contribution in [-0.2, 0) is 12.8 Å². The Labute approximate surface area is 150 Å². The Morgan fingerprint density at radius 1 is 0.522 bits per heavy atom. The second kappa shape index (κ2) is 13.0. The summed E-state index contributed by atoms with van der Waals surface area (Å²) in [4.78, 5) is 3.19. The minimum Gasteiger partial charge on any atom is -0.145 e. The van der Waals surface area contributed by atoms with Crippen LogP contribution in [0.4, 0.5) is 0 Å². The third-order valence-corrected chi connectivity index (χ3v) is 6.19. The molecule has 0 aliphatic heterocycles. The summed E-state index contributed by atoms with van der Waals surface area (Å²) >= 11 is 2.04. The summed E-state index contributed by atoms with van der Waals surface area (Å²) in [6.45, 7) is 9.28. The molecule has 0 saturated carbocycles. The standard InChI is InChI=1S/C22H40S/c1-5-7-9-11-13-15-17-21-19(3)23-20(4)22(21)18-16-14-12-10-8-6-2/h5-18H2,1-4H3. The van der Waals surface area contributed by atoms with Gasteiger partial charge in [0.05, 0.1) is 0 Å². The van der Waals surface area contributed by atoms with Crippen molar-refractivity contribution in [1.82, 2.24) is 0 Å². The molecule has 0 amide bonds. The van der Waals surface area contributed by atoms with E-state index in [4.69, 9.17) is 0 Å². The van der Waals surface area contributed by atoms with Gasteiger partial charge in [0.25, 0.3) is 0 Å². The van der Waals surface area contributed by atoms with Crippen LogP contribution in [0.5, 0.6) is 0 Å². The van der Waals surface area contributed by atoms with Gasteiger partial charge >= 0.3 is 0 Å². The summed E-state index contributed by atoms with van der Waals surface area (Å²) in [5, 5.41) is 0. The molecule has 0 atom stereocenters. The average molecular weight is 337 g/mol. The predicted molar refractivity (Wildman–Crippen MR) is 108 cm³/mol. The third-order valence-electron chi connectivity index (χ3n) is 5.08. The maximum Gasteiger partial charge on any atom is 0.00518 e. The molecule has 134 valence electrons. The Morgan fingerprint density at radius 2 is 0.870 bits per heavy atom. The normalized spacial score (nSPS) is 11.3. The zero-order chi connectivity index (χ0) is 16.9. The minimum absolute atomic E-state index is 1.33. The van der Waals surface area contributed by atoms with Crippen molar-refractivity contribution in [2.75, 3.05) is 0 Å². The van der Waals surface area contributed by atoms with Crippen LogP contribution in [0, 0.1) is 13.8 Å². The van der Waals surface area contributed by atoms with Gasteiger partial charge in [-0.25, -0.2) is 0 Å². The fourth-order valence-corrected chi connectivity index (χ4v) is 4.75. The molecule has 0 unspecified atom stereocenters. The number of thiophene rings is 1. The van der Waals surface area contributed by atoms with E-state index in [2.05, 4.69) is 27.7 Å². The van der Waals surface area contributed by atoms with E-state index < -0.39 is 0 Å². The zero-order valence-electron chi connectivity index (χ0n) is 16.3. The van der Waals surface area contributed by atoms with Crippen molar-refractivity contribution >= 4 is 11.3 Å². The molecule has 0 saturated heterocycles. The number of unbranched alkanes of at least 4 members (excludes halogenated alkanes) is 10. The molecule has 0 nitrogen and oxygen atoms in total. The van der Waals surface area contributed by atoms with Gasteiger partial charge < -0.3 is 0 Å². The summed E-state index contributed by atoms with van der Waals surface area (Å²) < 4.78 is 0. The highest BCUT2D eigenvalue weighted by Gasteiger charge is 2.12. The van der Waals surface area contributed by atoms with Gasteiger partial charge in [-0.05, 0) is 50.7 Å². The van der Waals surface area contributed by atoms with Gasteiger partial charge in [0, 0.05) is 9.75 Å². The fraction of sp³-hybridized carbons (Fsp3) is 0.818. The van der Waals surface area contributed by atoms with Crippen molar-refractivity contribution in [2.24, 2.45) is 0 Å². The van der Waals surface area contributed by atoms with E-state index in [1.165, 1.54) is 89.9 Å². The molecule has 0 bridgehead atoms. The van der Waals surface area contributed by atoms with E-state index in [0.717, 1.165) is 0 Å². The molecule has 1 heterocycles. The number of hydrogen-bond donors (Lipinski definition) is 0. The highest BCUT2D eigenvalue weighted by molar-refractivity contribution is 7.12. The zero-order valence-corrected chi connectivity index (χ0v) is 17.1. The average Bonchev–Trinajstić information content (AvgIpc) is 2.80. The number of rotatable bonds is 14. The minimum atomic E-state index is 1.33. The van der Waals surface area contributed by atoms with Gasteiger partial charge in [0.2, 0.25) is 0 Å². The van der Waals surface area contributed by atoms with Crippen LogP contribution < -0.4 is 0 Å². The SMILES string of the molecule is CCCCCCCCc1c(C)sc(C)c1CCCCCCCC. The summed E-state index contributed by atoms with van der Waals surface area (Å²) in [6, 6.07) is 0. The Balaban J connectivity index is 2.34. The quantitative estimate of drug-likeness (QED) is 0.300. The first kappa shape index (κ1) is 20.7. The summed E-state index contributed by atoms with van der Waals surface area (Å²) in [5.74, 6) is 0. The van der Waals surface area contributed by atoms with Crippen molar-refractivity contribution in [3.63, 3.8) is 0 Å². The van der Waals surface area contributed by atoms with Crippen LogP contribution in [0.1, 0.15) is 112 Å². The maximum absolute atomic E-state index is 2.34. The Kier molecular flexibility index (Phi) is 11.8. The van der Waals surface area contributed by atoms with Crippen molar-refractivity contribution in [2.45, 2.75) is 118 Å². The molecular weight excluding hydrogens is 296 g/mol. The molecular formula is C22H40S. The van der Waals surface area contributed by atoms with Crippen molar-refractivity contribution in [3.05, 3.63) is 20.9 Å². The molecule has 0 aliphatic rings. The molecule has 0 spiro atoms. The van der Waals surface area contributed by atoms with E-state index >= 15 is 0 Å². The molecule has 1 aromatic rings. The summed E-state index contributed by atoms with van der Waals surface area (Å²) in [7, 11) is 0. The lowest BCUT2D eigenvalue weighted by Gasteiger charge is -2.08. The Morgan fingerprint density at radius 3 is 1.26 bits per heavy atom. The van der Waals surface area contributed by atoms with Gasteiger partial charge in [-0.1, -0.05) is 78.1 Å². The first-order valence-electron chi connectivity index (χ1n) is 10.3. The lowest BCUT2D eigenvalue weighted by Crippen LogP contribution is -1.95. The number of hydrogen-bond acceptors (Lipinski definition) is 1. The third kappa shape index (κ3) is 8.38. The predicted octanol–water partition coefficient (Wildman–Crippen LogP) is 8.17. The monoisotopic (exact) mass is 336 g/mol. The maximum atomic E-state index is 2.34. The molecule has 0 radical (unpaired) electrons. The highest BCUT2D eigenvalue weighted by Crippen LogP contribution is 2.30. The second-order valence-electron chi connectivity index (χ2n) is 7.21. The molecule has 1 rings (SSSR count). The van der Waals surface area contributed by atoms with Crippen LogP contribution in [0.3, 0.4) is 0 Å². The van der Waals surface area contributed by atoms with Crippen molar-refractivity contribution in [3.8, 4) is 0 Å². The van der Waals surface area contributed by atoms with E-state index in [-0.39, 0.29) is 0 Å². The molecule has 0 aromatic carbocycles. The van der Waals surface area contributed by atoms with E-state index in [9.17, 15) is 0 Å². The van der Waals surface area contributed by atoms with Gasteiger partial charge in [-0.3, -0.25) is 0 Å². The second-order valence-corrected chi connectivity index (χ2v) is 8.64. The number of aryl methyl sites for hydroxylation is 2. The van der Waals surface area contributed by atoms with E-state index in [1.807, 2.05) is 11.3 Å². The van der Waals surface area contributed by atoms with Gasteiger partial charge in [-0.15, -0.1) is 11.3 Å². The molecule has 0 aliphatic carbocycles. The molecule has 1 heteroatoms. The first-order chi connectivity index (χ1) is 11.2. The van der Waals surface area contributed by atoms with Crippen LogP contribution in [-0.4, -0.2) is 0 Å². The van der Waals surface area contributed by atoms with Crippen LogP contribution >= 0.6 is 11.3 Å². The highest BCUT2D eigenvalue weighted by atomic mass is 32.1.